The second-order valence-corrected chi connectivity index (χ2v) is 5.46. The smallest absolute Gasteiger partial charge is 0.252 e. The van der Waals surface area contributed by atoms with Crippen molar-refractivity contribution < 1.29 is 4.79 Å². The van der Waals surface area contributed by atoms with E-state index in [4.69, 9.17) is 0 Å². The average molecular weight is 256 g/mol. The Hall–Kier alpha value is -1.82. The Morgan fingerprint density at radius 3 is 2.58 bits per heavy atom. The van der Waals surface area contributed by atoms with Crippen LogP contribution in [0, 0.1) is 25.2 Å². The number of benzene rings is 1. The number of nitrogens with zero attached hydrogens (tertiary/aromatic N) is 1. The van der Waals surface area contributed by atoms with Crippen LogP contribution in [0.3, 0.4) is 0 Å². The van der Waals surface area contributed by atoms with E-state index in [2.05, 4.69) is 11.4 Å². The summed E-state index contributed by atoms with van der Waals surface area (Å²) < 4.78 is 0. The van der Waals surface area contributed by atoms with Crippen molar-refractivity contribution in [1.29, 1.82) is 5.26 Å². The number of amides is 1. The molecule has 0 saturated heterocycles. The van der Waals surface area contributed by atoms with Crippen LogP contribution >= 0.6 is 0 Å². The van der Waals surface area contributed by atoms with Gasteiger partial charge in [0.2, 0.25) is 0 Å². The summed E-state index contributed by atoms with van der Waals surface area (Å²) in [6.07, 6.45) is 4.71. The van der Waals surface area contributed by atoms with Crippen LogP contribution in [0.25, 0.3) is 0 Å². The summed E-state index contributed by atoms with van der Waals surface area (Å²) in [5.41, 5.74) is 2.11. The first-order valence-electron chi connectivity index (χ1n) is 6.88. The molecule has 3 nitrogen and oxygen atoms in total. The standard InChI is InChI=1S/C16H20N2O/c1-12-7-6-8-14(13(12)2)15(19)18-16(11-17)9-4-3-5-10-16/h6-8H,3-5,9-10H2,1-2H3,(H,18,19). The molecule has 0 bridgehead atoms. The van der Waals surface area contributed by atoms with Gasteiger partial charge in [-0.2, -0.15) is 5.26 Å². The topological polar surface area (TPSA) is 52.9 Å². The van der Waals surface area contributed by atoms with E-state index in [1.165, 1.54) is 0 Å². The van der Waals surface area contributed by atoms with Gasteiger partial charge in [-0.15, -0.1) is 0 Å². The zero-order chi connectivity index (χ0) is 13.9. The van der Waals surface area contributed by atoms with Crippen molar-refractivity contribution in [2.75, 3.05) is 0 Å². The minimum Gasteiger partial charge on any atom is -0.334 e. The highest BCUT2D eigenvalue weighted by Crippen LogP contribution is 2.28. The van der Waals surface area contributed by atoms with Gasteiger partial charge in [0.1, 0.15) is 5.54 Å². The monoisotopic (exact) mass is 256 g/mol. The molecular weight excluding hydrogens is 236 g/mol. The average Bonchev–Trinajstić information content (AvgIpc) is 2.42. The van der Waals surface area contributed by atoms with Crippen LogP contribution in [0.2, 0.25) is 0 Å². The Morgan fingerprint density at radius 2 is 1.95 bits per heavy atom. The van der Waals surface area contributed by atoms with E-state index < -0.39 is 5.54 Å². The van der Waals surface area contributed by atoms with Crippen molar-refractivity contribution >= 4 is 5.91 Å². The lowest BCUT2D eigenvalue weighted by Crippen LogP contribution is -2.48. The molecule has 1 aromatic rings. The molecule has 0 aromatic heterocycles. The van der Waals surface area contributed by atoms with E-state index in [0.29, 0.717) is 5.56 Å². The molecule has 0 radical (unpaired) electrons. The molecule has 19 heavy (non-hydrogen) atoms. The van der Waals surface area contributed by atoms with Crippen molar-refractivity contribution in [2.45, 2.75) is 51.5 Å². The minimum absolute atomic E-state index is 0.121. The fourth-order valence-electron chi connectivity index (χ4n) is 2.70. The third-order valence-electron chi connectivity index (χ3n) is 4.12. The number of hydrogen-bond donors (Lipinski definition) is 1. The summed E-state index contributed by atoms with van der Waals surface area (Å²) >= 11 is 0. The second-order valence-electron chi connectivity index (χ2n) is 5.46. The summed E-state index contributed by atoms with van der Waals surface area (Å²) in [4.78, 5) is 12.4. The van der Waals surface area contributed by atoms with Crippen LogP contribution in [0.5, 0.6) is 0 Å². The summed E-state index contributed by atoms with van der Waals surface area (Å²) in [6, 6.07) is 8.02. The molecule has 0 heterocycles. The van der Waals surface area contributed by atoms with Crippen molar-refractivity contribution in [3.8, 4) is 6.07 Å². The normalized spacial score (nSPS) is 17.5. The Bertz CT molecular complexity index is 522. The zero-order valence-electron chi connectivity index (χ0n) is 11.6. The molecule has 0 spiro atoms. The quantitative estimate of drug-likeness (QED) is 0.883. The molecule has 1 aliphatic carbocycles. The molecule has 1 aliphatic rings. The Labute approximate surface area is 114 Å². The van der Waals surface area contributed by atoms with Gasteiger partial charge in [0.25, 0.3) is 5.91 Å². The van der Waals surface area contributed by atoms with Gasteiger partial charge < -0.3 is 5.32 Å². The van der Waals surface area contributed by atoms with Gasteiger partial charge in [-0.1, -0.05) is 31.4 Å². The highest BCUT2D eigenvalue weighted by molar-refractivity contribution is 5.96. The third-order valence-corrected chi connectivity index (χ3v) is 4.12. The lowest BCUT2D eigenvalue weighted by Gasteiger charge is -2.31. The molecule has 0 atom stereocenters. The fourth-order valence-corrected chi connectivity index (χ4v) is 2.70. The highest BCUT2D eigenvalue weighted by atomic mass is 16.1. The molecule has 1 N–H and O–H groups in total. The number of nitrogens with one attached hydrogen (secondary N) is 1. The lowest BCUT2D eigenvalue weighted by atomic mass is 9.82. The van der Waals surface area contributed by atoms with Gasteiger partial charge in [0, 0.05) is 5.56 Å². The highest BCUT2D eigenvalue weighted by Gasteiger charge is 2.34. The van der Waals surface area contributed by atoms with Gasteiger partial charge in [0.15, 0.2) is 0 Å². The lowest BCUT2D eigenvalue weighted by molar-refractivity contribution is 0.0902. The van der Waals surface area contributed by atoms with E-state index in [9.17, 15) is 10.1 Å². The first kappa shape index (κ1) is 13.6. The number of hydrogen-bond acceptors (Lipinski definition) is 2. The van der Waals surface area contributed by atoms with Gasteiger partial charge in [-0.3, -0.25) is 4.79 Å². The predicted octanol–water partition coefficient (Wildman–Crippen LogP) is 3.26. The number of aryl methyl sites for hydroxylation is 1. The largest absolute Gasteiger partial charge is 0.334 e. The van der Waals surface area contributed by atoms with E-state index in [1.54, 1.807) is 0 Å². The molecule has 3 heteroatoms. The molecule has 0 aliphatic heterocycles. The van der Waals surface area contributed by atoms with Crippen LogP contribution < -0.4 is 5.32 Å². The van der Waals surface area contributed by atoms with Crippen LogP contribution in [-0.4, -0.2) is 11.4 Å². The van der Waals surface area contributed by atoms with Gasteiger partial charge >= 0.3 is 0 Å². The van der Waals surface area contributed by atoms with Crippen LogP contribution in [0.15, 0.2) is 18.2 Å². The van der Waals surface area contributed by atoms with Crippen molar-refractivity contribution in [1.82, 2.24) is 5.32 Å². The Morgan fingerprint density at radius 1 is 1.26 bits per heavy atom. The fraction of sp³-hybridized carbons (Fsp3) is 0.500. The Balaban J connectivity index is 2.21. The SMILES string of the molecule is Cc1cccc(C(=O)NC2(C#N)CCCCC2)c1C. The van der Waals surface area contributed by atoms with Gasteiger partial charge in [-0.25, -0.2) is 0 Å². The number of nitriles is 1. The van der Waals surface area contributed by atoms with Gasteiger partial charge in [-0.05, 0) is 43.9 Å². The van der Waals surface area contributed by atoms with Crippen molar-refractivity contribution in [3.63, 3.8) is 0 Å². The first-order valence-corrected chi connectivity index (χ1v) is 6.88. The van der Waals surface area contributed by atoms with Gasteiger partial charge in [0.05, 0.1) is 6.07 Å². The molecule has 1 fully saturated rings. The minimum atomic E-state index is -0.661. The maximum atomic E-state index is 12.4. The molecule has 0 unspecified atom stereocenters. The number of carbonyl (C=O) groups excluding carboxylic acids is 1. The first-order chi connectivity index (χ1) is 9.08. The molecule has 1 aromatic carbocycles. The summed E-state index contributed by atoms with van der Waals surface area (Å²) in [5, 5.41) is 12.4. The number of carbonyl (C=O) groups is 1. The maximum absolute atomic E-state index is 12.4. The summed E-state index contributed by atoms with van der Waals surface area (Å²) in [5.74, 6) is -0.121. The van der Waals surface area contributed by atoms with Crippen molar-refractivity contribution in [3.05, 3.63) is 34.9 Å². The maximum Gasteiger partial charge on any atom is 0.252 e. The molecule has 1 saturated carbocycles. The number of rotatable bonds is 2. The van der Waals surface area contributed by atoms with E-state index in [1.807, 2.05) is 32.0 Å². The summed E-state index contributed by atoms with van der Waals surface area (Å²) in [6.45, 7) is 3.94. The predicted molar refractivity (Wildman–Crippen MR) is 74.8 cm³/mol. The molecule has 2 rings (SSSR count). The summed E-state index contributed by atoms with van der Waals surface area (Å²) in [7, 11) is 0. The van der Waals surface area contributed by atoms with E-state index in [-0.39, 0.29) is 5.91 Å². The third kappa shape index (κ3) is 2.78. The van der Waals surface area contributed by atoms with Crippen LogP contribution in [0.1, 0.15) is 53.6 Å². The van der Waals surface area contributed by atoms with Crippen molar-refractivity contribution in [2.24, 2.45) is 0 Å². The second kappa shape index (κ2) is 5.44. The molecular formula is C16H20N2O. The van der Waals surface area contributed by atoms with E-state index >= 15 is 0 Å². The molecule has 1 amide bonds. The van der Waals surface area contributed by atoms with Crippen LogP contribution in [0.4, 0.5) is 0 Å². The van der Waals surface area contributed by atoms with E-state index in [0.717, 1.165) is 43.2 Å². The Kier molecular flexibility index (Phi) is 3.90. The zero-order valence-corrected chi connectivity index (χ0v) is 11.6. The van der Waals surface area contributed by atoms with Crippen LogP contribution in [-0.2, 0) is 0 Å². The molecule has 100 valence electrons.